The van der Waals surface area contributed by atoms with Crippen molar-refractivity contribution in [1.82, 2.24) is 0 Å². The molecule has 0 spiro atoms. The van der Waals surface area contributed by atoms with Gasteiger partial charge in [0.15, 0.2) is 6.61 Å². The van der Waals surface area contributed by atoms with Crippen molar-refractivity contribution < 1.29 is 24.2 Å². The molecule has 1 unspecified atom stereocenters. The molecule has 5 heteroatoms. The van der Waals surface area contributed by atoms with Crippen LogP contribution in [0.1, 0.15) is 78.1 Å². The van der Waals surface area contributed by atoms with Crippen molar-refractivity contribution in [1.29, 1.82) is 0 Å². The summed E-state index contributed by atoms with van der Waals surface area (Å²) in [5.41, 5.74) is 0. The number of rotatable bonds is 16. The van der Waals surface area contributed by atoms with Gasteiger partial charge in [0.25, 0.3) is 0 Å². The molecule has 0 heterocycles. The predicted octanol–water partition coefficient (Wildman–Crippen LogP) is 4.69. The standard InChI is InChI=1S/C21H36O5/c1-5-19(22)25-17-21(24,26-20(23)6-2)16-14-12-10-8-7-9-11-13-15-18(3)4/h5-6,18,24H,1-2,7-17H2,3-4H3. The van der Waals surface area contributed by atoms with Crippen molar-refractivity contribution in [3.05, 3.63) is 25.3 Å². The number of carbonyl (C=O) groups is 2. The normalized spacial score (nSPS) is 13.1. The maximum Gasteiger partial charge on any atom is 0.332 e. The van der Waals surface area contributed by atoms with Crippen LogP contribution < -0.4 is 0 Å². The fourth-order valence-corrected chi connectivity index (χ4v) is 2.64. The van der Waals surface area contributed by atoms with Crippen LogP contribution in [0, 0.1) is 5.92 Å². The number of carbonyl (C=O) groups excluding carboxylic acids is 2. The van der Waals surface area contributed by atoms with Crippen LogP contribution in [0.25, 0.3) is 0 Å². The SMILES string of the molecule is C=CC(=O)OCC(O)(CCCCCCCCCCC(C)C)OC(=O)C=C. The summed E-state index contributed by atoms with van der Waals surface area (Å²) >= 11 is 0. The Morgan fingerprint density at radius 2 is 1.42 bits per heavy atom. The van der Waals surface area contributed by atoms with E-state index in [9.17, 15) is 14.7 Å². The van der Waals surface area contributed by atoms with E-state index in [1.807, 2.05) is 0 Å². The fraction of sp³-hybridized carbons (Fsp3) is 0.714. The van der Waals surface area contributed by atoms with E-state index < -0.39 is 24.3 Å². The lowest BCUT2D eigenvalue weighted by atomic mass is 10.0. The van der Waals surface area contributed by atoms with E-state index >= 15 is 0 Å². The second-order valence-electron chi connectivity index (χ2n) is 7.14. The summed E-state index contributed by atoms with van der Waals surface area (Å²) < 4.78 is 9.79. The third kappa shape index (κ3) is 13.6. The highest BCUT2D eigenvalue weighted by molar-refractivity contribution is 5.82. The first kappa shape index (κ1) is 24.4. The Kier molecular flexibility index (Phi) is 13.6. The van der Waals surface area contributed by atoms with E-state index in [4.69, 9.17) is 9.47 Å². The van der Waals surface area contributed by atoms with E-state index in [0.717, 1.165) is 37.3 Å². The van der Waals surface area contributed by atoms with Crippen LogP contribution in [-0.4, -0.2) is 29.4 Å². The third-order valence-corrected chi connectivity index (χ3v) is 4.16. The first-order valence-corrected chi connectivity index (χ1v) is 9.70. The predicted molar refractivity (Wildman–Crippen MR) is 103 cm³/mol. The Hall–Kier alpha value is -1.62. The molecule has 0 rings (SSSR count). The molecular weight excluding hydrogens is 332 g/mol. The monoisotopic (exact) mass is 368 g/mol. The summed E-state index contributed by atoms with van der Waals surface area (Å²) in [6.45, 7) is 10.7. The van der Waals surface area contributed by atoms with Crippen LogP contribution in [0.15, 0.2) is 25.3 Å². The number of hydrogen-bond donors (Lipinski definition) is 1. The molecule has 0 bridgehead atoms. The first-order chi connectivity index (χ1) is 12.3. The molecule has 0 fully saturated rings. The average molecular weight is 369 g/mol. The van der Waals surface area contributed by atoms with E-state index in [1.165, 1.54) is 32.1 Å². The molecule has 0 aliphatic carbocycles. The third-order valence-electron chi connectivity index (χ3n) is 4.16. The summed E-state index contributed by atoms with van der Waals surface area (Å²) in [5.74, 6) is -2.45. The van der Waals surface area contributed by atoms with Gasteiger partial charge < -0.3 is 14.6 Å². The molecule has 0 saturated heterocycles. The van der Waals surface area contributed by atoms with Crippen molar-refractivity contribution in [3.8, 4) is 0 Å². The summed E-state index contributed by atoms with van der Waals surface area (Å²) in [4.78, 5) is 22.5. The van der Waals surface area contributed by atoms with Gasteiger partial charge in [-0.3, -0.25) is 0 Å². The van der Waals surface area contributed by atoms with Gasteiger partial charge in [0, 0.05) is 18.6 Å². The van der Waals surface area contributed by atoms with E-state index in [-0.39, 0.29) is 6.42 Å². The number of unbranched alkanes of at least 4 members (excludes halogenated alkanes) is 7. The summed E-state index contributed by atoms with van der Waals surface area (Å²) in [6, 6.07) is 0. The number of hydrogen-bond acceptors (Lipinski definition) is 5. The topological polar surface area (TPSA) is 72.8 Å². The first-order valence-electron chi connectivity index (χ1n) is 9.70. The van der Waals surface area contributed by atoms with Crippen molar-refractivity contribution in [2.75, 3.05) is 6.61 Å². The van der Waals surface area contributed by atoms with Gasteiger partial charge in [-0.05, 0) is 12.3 Å². The minimum Gasteiger partial charge on any atom is -0.456 e. The highest BCUT2D eigenvalue weighted by Gasteiger charge is 2.32. The summed E-state index contributed by atoms with van der Waals surface area (Å²) in [6.07, 6.45) is 12.4. The van der Waals surface area contributed by atoms with Crippen LogP contribution in [0.3, 0.4) is 0 Å². The van der Waals surface area contributed by atoms with Crippen LogP contribution >= 0.6 is 0 Å². The Morgan fingerprint density at radius 1 is 0.923 bits per heavy atom. The Morgan fingerprint density at radius 3 is 1.92 bits per heavy atom. The molecular formula is C21H36O5. The smallest absolute Gasteiger partial charge is 0.332 e. The lowest BCUT2D eigenvalue weighted by molar-refractivity contribution is -0.226. The van der Waals surface area contributed by atoms with E-state index in [0.29, 0.717) is 6.42 Å². The van der Waals surface area contributed by atoms with Crippen molar-refractivity contribution >= 4 is 11.9 Å². The molecule has 1 atom stereocenters. The van der Waals surface area contributed by atoms with E-state index in [2.05, 4.69) is 27.0 Å². The molecule has 0 amide bonds. The lowest BCUT2D eigenvalue weighted by Crippen LogP contribution is -2.40. The molecule has 150 valence electrons. The minimum absolute atomic E-state index is 0.214. The average Bonchev–Trinajstić information content (AvgIpc) is 2.60. The van der Waals surface area contributed by atoms with Crippen molar-refractivity contribution in [2.24, 2.45) is 5.92 Å². The molecule has 26 heavy (non-hydrogen) atoms. The molecule has 0 aliphatic rings. The van der Waals surface area contributed by atoms with Gasteiger partial charge in [-0.2, -0.15) is 0 Å². The Bertz CT molecular complexity index is 430. The van der Waals surface area contributed by atoms with Crippen molar-refractivity contribution in [2.45, 2.75) is 83.8 Å². The zero-order chi connectivity index (χ0) is 19.8. The Balaban J connectivity index is 3.98. The molecule has 0 aromatic heterocycles. The van der Waals surface area contributed by atoms with Gasteiger partial charge in [-0.15, -0.1) is 0 Å². The Labute approximate surface area is 158 Å². The number of esters is 2. The van der Waals surface area contributed by atoms with Crippen molar-refractivity contribution in [3.63, 3.8) is 0 Å². The maximum absolute atomic E-state index is 11.4. The van der Waals surface area contributed by atoms with Crippen LogP contribution in [0.5, 0.6) is 0 Å². The fourth-order valence-electron chi connectivity index (χ4n) is 2.64. The van der Waals surface area contributed by atoms with Crippen LogP contribution in [0.2, 0.25) is 0 Å². The van der Waals surface area contributed by atoms with Crippen LogP contribution in [0.4, 0.5) is 0 Å². The molecule has 0 radical (unpaired) electrons. The number of aliphatic hydroxyl groups is 1. The van der Waals surface area contributed by atoms with Gasteiger partial charge in [0.1, 0.15) is 0 Å². The maximum atomic E-state index is 11.4. The van der Waals surface area contributed by atoms with Gasteiger partial charge in [-0.25, -0.2) is 9.59 Å². The number of ether oxygens (including phenoxy) is 2. The quantitative estimate of drug-likeness (QED) is 0.185. The zero-order valence-electron chi connectivity index (χ0n) is 16.5. The zero-order valence-corrected chi connectivity index (χ0v) is 16.5. The van der Waals surface area contributed by atoms with Crippen LogP contribution in [-0.2, 0) is 19.1 Å². The van der Waals surface area contributed by atoms with E-state index in [1.54, 1.807) is 0 Å². The molecule has 0 saturated carbocycles. The second kappa shape index (κ2) is 14.5. The molecule has 0 aromatic rings. The van der Waals surface area contributed by atoms with Gasteiger partial charge >= 0.3 is 11.9 Å². The highest BCUT2D eigenvalue weighted by Crippen LogP contribution is 2.20. The minimum atomic E-state index is -1.82. The molecule has 1 N–H and O–H groups in total. The second-order valence-corrected chi connectivity index (χ2v) is 7.14. The van der Waals surface area contributed by atoms with Gasteiger partial charge in [0.05, 0.1) is 0 Å². The largest absolute Gasteiger partial charge is 0.456 e. The lowest BCUT2D eigenvalue weighted by Gasteiger charge is -2.26. The molecule has 0 aromatic carbocycles. The molecule has 5 nitrogen and oxygen atoms in total. The summed E-state index contributed by atoms with van der Waals surface area (Å²) in [7, 11) is 0. The van der Waals surface area contributed by atoms with Gasteiger partial charge in [0.2, 0.25) is 5.79 Å². The highest BCUT2D eigenvalue weighted by atomic mass is 16.7. The summed E-state index contributed by atoms with van der Waals surface area (Å²) in [5, 5.41) is 10.4. The van der Waals surface area contributed by atoms with Gasteiger partial charge in [-0.1, -0.05) is 78.4 Å². The molecule has 0 aliphatic heterocycles.